The second kappa shape index (κ2) is 4.80. The Morgan fingerprint density at radius 3 is 2.50 bits per heavy atom. The molecule has 0 atom stereocenters. The molecule has 0 spiro atoms. The third-order valence-electron chi connectivity index (χ3n) is 3.28. The maximum Gasteiger partial charge on any atom is 0.416 e. The predicted octanol–water partition coefficient (Wildman–Crippen LogP) is 3.01. The van der Waals surface area contributed by atoms with Gasteiger partial charge < -0.3 is 10.6 Å². The van der Waals surface area contributed by atoms with Crippen LogP contribution in [0, 0.1) is 5.92 Å². The van der Waals surface area contributed by atoms with Crippen LogP contribution >= 0.6 is 0 Å². The number of rotatable bonds is 4. The topological polar surface area (TPSA) is 29.3 Å². The van der Waals surface area contributed by atoms with Gasteiger partial charge in [-0.15, -0.1) is 0 Å². The van der Waals surface area contributed by atoms with Crippen molar-refractivity contribution in [3.05, 3.63) is 29.3 Å². The van der Waals surface area contributed by atoms with E-state index >= 15 is 0 Å². The number of halogens is 3. The molecule has 0 saturated heterocycles. The summed E-state index contributed by atoms with van der Waals surface area (Å²) in [6, 6.07) is 4.19. The molecule has 1 aromatic carbocycles. The molecule has 0 aliphatic heterocycles. The molecule has 0 amide bonds. The fourth-order valence-electron chi connectivity index (χ4n) is 2.06. The minimum absolute atomic E-state index is 0.0973. The molecule has 100 valence electrons. The van der Waals surface area contributed by atoms with E-state index in [2.05, 4.69) is 0 Å². The molecule has 0 unspecified atom stereocenters. The minimum Gasteiger partial charge on any atom is -0.374 e. The second-order valence-electron chi connectivity index (χ2n) is 4.87. The average Bonchev–Trinajstić information content (AvgIpc) is 3.10. The van der Waals surface area contributed by atoms with Gasteiger partial charge in [-0.2, -0.15) is 13.2 Å². The van der Waals surface area contributed by atoms with Crippen LogP contribution in [-0.4, -0.2) is 13.6 Å². The maximum absolute atomic E-state index is 12.7. The van der Waals surface area contributed by atoms with Crippen molar-refractivity contribution in [2.75, 3.05) is 18.5 Å². The second-order valence-corrected chi connectivity index (χ2v) is 4.87. The lowest BCUT2D eigenvalue weighted by Gasteiger charge is -2.21. The number of nitrogens with zero attached hydrogens (tertiary/aromatic N) is 1. The van der Waals surface area contributed by atoms with E-state index in [0.29, 0.717) is 5.92 Å². The van der Waals surface area contributed by atoms with Crippen molar-refractivity contribution < 1.29 is 13.2 Å². The molecule has 0 radical (unpaired) electrons. The summed E-state index contributed by atoms with van der Waals surface area (Å²) in [5.74, 6) is 0.693. The molecule has 1 fully saturated rings. The van der Waals surface area contributed by atoms with Crippen LogP contribution in [0.25, 0.3) is 0 Å². The number of hydrogen-bond acceptors (Lipinski definition) is 2. The van der Waals surface area contributed by atoms with Crippen molar-refractivity contribution in [3.63, 3.8) is 0 Å². The third-order valence-corrected chi connectivity index (χ3v) is 3.28. The van der Waals surface area contributed by atoms with Gasteiger partial charge in [0, 0.05) is 25.8 Å². The summed E-state index contributed by atoms with van der Waals surface area (Å²) < 4.78 is 38.2. The highest BCUT2D eigenvalue weighted by atomic mass is 19.4. The van der Waals surface area contributed by atoms with E-state index in [-0.39, 0.29) is 12.1 Å². The van der Waals surface area contributed by atoms with E-state index in [4.69, 9.17) is 5.73 Å². The zero-order chi connectivity index (χ0) is 13.3. The standard InChI is InChI=1S/C13H17F3N2/c1-18(8-9-2-3-9)11-4-5-12(13(14,15)16)10(6-11)7-17/h4-6,9H,2-3,7-8,17H2,1H3. The van der Waals surface area contributed by atoms with Gasteiger partial charge in [0.1, 0.15) is 0 Å². The van der Waals surface area contributed by atoms with Crippen molar-refractivity contribution in [2.24, 2.45) is 11.7 Å². The Bertz CT molecular complexity index is 425. The van der Waals surface area contributed by atoms with Crippen LogP contribution in [0.4, 0.5) is 18.9 Å². The maximum atomic E-state index is 12.7. The van der Waals surface area contributed by atoms with Crippen molar-refractivity contribution >= 4 is 5.69 Å². The number of alkyl halides is 3. The molecule has 2 N–H and O–H groups in total. The molecule has 1 aromatic rings. The van der Waals surface area contributed by atoms with Crippen LogP contribution in [0.3, 0.4) is 0 Å². The minimum atomic E-state index is -4.33. The Hall–Kier alpha value is -1.23. The van der Waals surface area contributed by atoms with Crippen LogP contribution in [0.2, 0.25) is 0 Å². The first-order valence-electron chi connectivity index (χ1n) is 6.03. The van der Waals surface area contributed by atoms with E-state index in [9.17, 15) is 13.2 Å². The molecular formula is C13H17F3N2. The van der Waals surface area contributed by atoms with Crippen molar-refractivity contribution in [1.82, 2.24) is 0 Å². The fourth-order valence-corrected chi connectivity index (χ4v) is 2.06. The van der Waals surface area contributed by atoms with E-state index < -0.39 is 11.7 Å². The van der Waals surface area contributed by atoms with E-state index in [1.807, 2.05) is 11.9 Å². The Morgan fingerprint density at radius 2 is 2.00 bits per heavy atom. The van der Waals surface area contributed by atoms with Gasteiger partial charge in [0.25, 0.3) is 0 Å². The number of benzene rings is 1. The summed E-state index contributed by atoms with van der Waals surface area (Å²) in [5, 5.41) is 0. The van der Waals surface area contributed by atoms with Gasteiger partial charge in [-0.05, 0) is 42.5 Å². The summed E-state index contributed by atoms with van der Waals surface area (Å²) in [5.41, 5.74) is 5.74. The summed E-state index contributed by atoms with van der Waals surface area (Å²) in [7, 11) is 1.90. The predicted molar refractivity (Wildman–Crippen MR) is 65.3 cm³/mol. The average molecular weight is 258 g/mol. The molecule has 1 aliphatic rings. The lowest BCUT2D eigenvalue weighted by atomic mass is 10.1. The van der Waals surface area contributed by atoms with E-state index in [0.717, 1.165) is 18.3 Å². The van der Waals surface area contributed by atoms with Crippen molar-refractivity contribution in [2.45, 2.75) is 25.6 Å². The Labute approximate surface area is 105 Å². The number of nitrogens with two attached hydrogens (primary N) is 1. The van der Waals surface area contributed by atoms with Crippen molar-refractivity contribution in [1.29, 1.82) is 0 Å². The monoisotopic (exact) mass is 258 g/mol. The lowest BCUT2D eigenvalue weighted by Crippen LogP contribution is -2.21. The Morgan fingerprint density at radius 1 is 1.33 bits per heavy atom. The third kappa shape index (κ3) is 2.96. The zero-order valence-corrected chi connectivity index (χ0v) is 10.3. The van der Waals surface area contributed by atoms with Crippen LogP contribution in [0.1, 0.15) is 24.0 Å². The molecule has 0 bridgehead atoms. The van der Waals surface area contributed by atoms with Gasteiger partial charge in [-0.1, -0.05) is 0 Å². The van der Waals surface area contributed by atoms with Gasteiger partial charge in [0.2, 0.25) is 0 Å². The van der Waals surface area contributed by atoms with E-state index in [1.165, 1.54) is 18.9 Å². The van der Waals surface area contributed by atoms with Crippen LogP contribution in [0.15, 0.2) is 18.2 Å². The molecular weight excluding hydrogens is 241 g/mol. The highest BCUT2D eigenvalue weighted by Crippen LogP contribution is 2.35. The summed E-state index contributed by atoms with van der Waals surface area (Å²) in [6.45, 7) is 0.801. The zero-order valence-electron chi connectivity index (χ0n) is 10.3. The van der Waals surface area contributed by atoms with Crippen LogP contribution in [0.5, 0.6) is 0 Å². The lowest BCUT2D eigenvalue weighted by molar-refractivity contribution is -0.138. The summed E-state index contributed by atoms with van der Waals surface area (Å²) >= 11 is 0. The first-order chi connectivity index (χ1) is 8.41. The first kappa shape index (κ1) is 13.2. The molecule has 0 heterocycles. The quantitative estimate of drug-likeness (QED) is 0.899. The highest BCUT2D eigenvalue weighted by molar-refractivity contribution is 5.51. The Kier molecular flexibility index (Phi) is 3.52. The van der Waals surface area contributed by atoms with Gasteiger partial charge in [0.05, 0.1) is 5.56 Å². The SMILES string of the molecule is CN(CC1CC1)c1ccc(C(F)(F)F)c(CN)c1. The molecule has 0 aromatic heterocycles. The van der Waals surface area contributed by atoms with E-state index in [1.54, 1.807) is 6.07 Å². The molecule has 2 rings (SSSR count). The molecule has 1 saturated carbocycles. The number of hydrogen-bond donors (Lipinski definition) is 1. The molecule has 2 nitrogen and oxygen atoms in total. The highest BCUT2D eigenvalue weighted by Gasteiger charge is 2.33. The molecule has 18 heavy (non-hydrogen) atoms. The number of anilines is 1. The van der Waals surface area contributed by atoms with Crippen molar-refractivity contribution in [3.8, 4) is 0 Å². The molecule has 1 aliphatic carbocycles. The van der Waals surface area contributed by atoms with Crippen LogP contribution < -0.4 is 10.6 Å². The Balaban J connectivity index is 2.23. The molecule has 5 heteroatoms. The fraction of sp³-hybridized carbons (Fsp3) is 0.538. The first-order valence-corrected chi connectivity index (χ1v) is 6.03. The normalized spacial score (nSPS) is 15.8. The summed E-state index contributed by atoms with van der Waals surface area (Å²) in [6.07, 6.45) is -1.90. The van der Waals surface area contributed by atoms with Crippen LogP contribution in [-0.2, 0) is 12.7 Å². The summed E-state index contributed by atoms with van der Waals surface area (Å²) in [4.78, 5) is 2.00. The smallest absolute Gasteiger partial charge is 0.374 e. The van der Waals surface area contributed by atoms with Gasteiger partial charge in [-0.25, -0.2) is 0 Å². The largest absolute Gasteiger partial charge is 0.416 e. The van der Waals surface area contributed by atoms with Gasteiger partial charge >= 0.3 is 6.18 Å². The van der Waals surface area contributed by atoms with Gasteiger partial charge in [0.15, 0.2) is 0 Å². The van der Waals surface area contributed by atoms with Gasteiger partial charge in [-0.3, -0.25) is 0 Å².